The fraction of sp³-hybridized carbons (Fsp3) is 0.556. The molecule has 0 unspecified atom stereocenters. The van der Waals surface area contributed by atoms with Gasteiger partial charge < -0.3 is 10.5 Å². The summed E-state index contributed by atoms with van der Waals surface area (Å²) in [4.78, 5) is 10.6. The highest BCUT2D eigenvalue weighted by molar-refractivity contribution is 5.30. The van der Waals surface area contributed by atoms with Gasteiger partial charge in [-0.3, -0.25) is 4.90 Å². The van der Waals surface area contributed by atoms with E-state index in [2.05, 4.69) is 14.9 Å². The van der Waals surface area contributed by atoms with Crippen molar-refractivity contribution in [3.05, 3.63) is 18.2 Å². The summed E-state index contributed by atoms with van der Waals surface area (Å²) >= 11 is 0. The highest BCUT2D eigenvalue weighted by Crippen LogP contribution is 2.03. The second-order valence-electron chi connectivity index (χ2n) is 3.32. The predicted octanol–water partition coefficient (Wildman–Crippen LogP) is -0.109. The van der Waals surface area contributed by atoms with E-state index < -0.39 is 0 Å². The average Bonchev–Trinajstić information content (AvgIpc) is 2.23. The highest BCUT2D eigenvalue weighted by atomic mass is 16.5. The monoisotopic (exact) mass is 194 g/mol. The Balaban J connectivity index is 1.92. The number of ether oxygens (including phenoxy) is 1. The zero-order chi connectivity index (χ0) is 9.80. The molecule has 2 N–H and O–H groups in total. The minimum atomic E-state index is 0.607. The molecule has 2 rings (SSSR count). The second-order valence-corrected chi connectivity index (χ2v) is 3.32. The van der Waals surface area contributed by atoms with Crippen molar-refractivity contribution < 1.29 is 4.74 Å². The first-order valence-electron chi connectivity index (χ1n) is 4.71. The molecule has 1 saturated heterocycles. The lowest BCUT2D eigenvalue weighted by Gasteiger charge is -2.25. The summed E-state index contributed by atoms with van der Waals surface area (Å²) in [6.45, 7) is 4.29. The lowest BCUT2D eigenvalue weighted by molar-refractivity contribution is 0.0330. The minimum absolute atomic E-state index is 0.607. The normalized spacial score (nSPS) is 18.3. The van der Waals surface area contributed by atoms with Gasteiger partial charge in [0.2, 0.25) is 0 Å². The molecule has 0 aliphatic carbocycles. The maximum absolute atomic E-state index is 5.50. The SMILES string of the molecule is Nc1cnc(CN2CCOCC2)nc1. The number of anilines is 1. The molecule has 0 bridgehead atoms. The van der Waals surface area contributed by atoms with Crippen molar-refractivity contribution in [1.29, 1.82) is 0 Å². The number of morpholine rings is 1. The second kappa shape index (κ2) is 4.34. The van der Waals surface area contributed by atoms with Crippen LogP contribution in [0.4, 0.5) is 5.69 Å². The summed E-state index contributed by atoms with van der Waals surface area (Å²) in [7, 11) is 0. The van der Waals surface area contributed by atoms with Gasteiger partial charge in [-0.25, -0.2) is 9.97 Å². The van der Waals surface area contributed by atoms with E-state index in [0.717, 1.165) is 38.7 Å². The van der Waals surface area contributed by atoms with Crippen molar-refractivity contribution >= 4 is 5.69 Å². The number of nitrogens with two attached hydrogens (primary N) is 1. The molecule has 0 amide bonds. The van der Waals surface area contributed by atoms with E-state index in [1.54, 1.807) is 12.4 Å². The fourth-order valence-corrected chi connectivity index (χ4v) is 1.41. The van der Waals surface area contributed by atoms with Crippen molar-refractivity contribution in [2.75, 3.05) is 32.0 Å². The predicted molar refractivity (Wildman–Crippen MR) is 52.5 cm³/mol. The van der Waals surface area contributed by atoms with Gasteiger partial charge in [-0.15, -0.1) is 0 Å². The molecule has 0 atom stereocenters. The Labute approximate surface area is 82.9 Å². The molecule has 0 radical (unpaired) electrons. The van der Waals surface area contributed by atoms with Gasteiger partial charge in [0.15, 0.2) is 0 Å². The Hall–Kier alpha value is -1.20. The van der Waals surface area contributed by atoms with Crippen molar-refractivity contribution in [3.8, 4) is 0 Å². The van der Waals surface area contributed by atoms with Gasteiger partial charge in [0.1, 0.15) is 5.82 Å². The largest absolute Gasteiger partial charge is 0.396 e. The Morgan fingerprint density at radius 2 is 1.93 bits per heavy atom. The van der Waals surface area contributed by atoms with E-state index in [9.17, 15) is 0 Å². The van der Waals surface area contributed by atoms with Gasteiger partial charge in [0.05, 0.1) is 37.8 Å². The Bertz CT molecular complexity index is 281. The van der Waals surface area contributed by atoms with Gasteiger partial charge in [-0.2, -0.15) is 0 Å². The molecule has 1 aromatic heterocycles. The van der Waals surface area contributed by atoms with Gasteiger partial charge in [-0.05, 0) is 0 Å². The van der Waals surface area contributed by atoms with Crippen molar-refractivity contribution in [2.45, 2.75) is 6.54 Å². The standard InChI is InChI=1S/C9H14N4O/c10-8-5-11-9(12-6-8)7-13-1-3-14-4-2-13/h5-6H,1-4,7,10H2. The van der Waals surface area contributed by atoms with Crippen LogP contribution in [0.25, 0.3) is 0 Å². The van der Waals surface area contributed by atoms with Crippen LogP contribution in [0.2, 0.25) is 0 Å². The maximum Gasteiger partial charge on any atom is 0.142 e. The molecule has 0 aromatic carbocycles. The molecule has 1 aromatic rings. The summed E-state index contributed by atoms with van der Waals surface area (Å²) in [5, 5.41) is 0. The van der Waals surface area contributed by atoms with Gasteiger partial charge in [0.25, 0.3) is 0 Å². The molecule has 5 heteroatoms. The maximum atomic E-state index is 5.50. The Morgan fingerprint density at radius 3 is 2.57 bits per heavy atom. The van der Waals surface area contributed by atoms with E-state index in [1.807, 2.05) is 0 Å². The first-order chi connectivity index (χ1) is 6.84. The molecule has 1 aliphatic heterocycles. The first kappa shape index (κ1) is 9.36. The summed E-state index contributed by atoms with van der Waals surface area (Å²) in [5.74, 6) is 0.820. The summed E-state index contributed by atoms with van der Waals surface area (Å²) in [6, 6.07) is 0. The molecule has 5 nitrogen and oxygen atoms in total. The number of hydrogen-bond donors (Lipinski definition) is 1. The molecular formula is C9H14N4O. The fourth-order valence-electron chi connectivity index (χ4n) is 1.41. The van der Waals surface area contributed by atoms with Crippen molar-refractivity contribution in [1.82, 2.24) is 14.9 Å². The van der Waals surface area contributed by atoms with Crippen molar-refractivity contribution in [2.24, 2.45) is 0 Å². The number of nitrogen functional groups attached to an aromatic ring is 1. The minimum Gasteiger partial charge on any atom is -0.396 e. The van der Waals surface area contributed by atoms with E-state index in [0.29, 0.717) is 5.69 Å². The molecule has 1 fully saturated rings. The molecule has 76 valence electrons. The summed E-state index contributed by atoms with van der Waals surface area (Å²) < 4.78 is 5.25. The summed E-state index contributed by atoms with van der Waals surface area (Å²) in [6.07, 6.45) is 3.28. The highest BCUT2D eigenvalue weighted by Gasteiger charge is 2.11. The van der Waals surface area contributed by atoms with E-state index in [4.69, 9.17) is 10.5 Å². The quantitative estimate of drug-likeness (QED) is 0.711. The lowest BCUT2D eigenvalue weighted by Crippen LogP contribution is -2.36. The molecule has 2 heterocycles. The van der Waals surface area contributed by atoms with Crippen LogP contribution in [-0.4, -0.2) is 41.2 Å². The van der Waals surface area contributed by atoms with Crippen LogP contribution in [0.1, 0.15) is 5.82 Å². The van der Waals surface area contributed by atoms with Crippen molar-refractivity contribution in [3.63, 3.8) is 0 Å². The van der Waals surface area contributed by atoms with Crippen LogP contribution in [0, 0.1) is 0 Å². The van der Waals surface area contributed by atoms with E-state index in [1.165, 1.54) is 0 Å². The lowest BCUT2D eigenvalue weighted by atomic mass is 10.4. The molecule has 0 saturated carbocycles. The van der Waals surface area contributed by atoms with Gasteiger partial charge >= 0.3 is 0 Å². The van der Waals surface area contributed by atoms with Crippen LogP contribution >= 0.6 is 0 Å². The third-order valence-electron chi connectivity index (χ3n) is 2.19. The first-order valence-corrected chi connectivity index (χ1v) is 4.71. The van der Waals surface area contributed by atoms with E-state index in [-0.39, 0.29) is 0 Å². The zero-order valence-corrected chi connectivity index (χ0v) is 8.02. The van der Waals surface area contributed by atoms with E-state index >= 15 is 0 Å². The van der Waals surface area contributed by atoms with Crippen LogP contribution in [0.3, 0.4) is 0 Å². The third kappa shape index (κ3) is 2.40. The van der Waals surface area contributed by atoms with Crippen LogP contribution in [0.15, 0.2) is 12.4 Å². The number of aromatic nitrogens is 2. The Kier molecular flexibility index (Phi) is 2.90. The third-order valence-corrected chi connectivity index (χ3v) is 2.19. The van der Waals surface area contributed by atoms with Gasteiger partial charge in [0, 0.05) is 13.1 Å². The number of nitrogens with zero attached hydrogens (tertiary/aromatic N) is 3. The summed E-state index contributed by atoms with van der Waals surface area (Å²) in [5.41, 5.74) is 6.11. The smallest absolute Gasteiger partial charge is 0.142 e. The molecule has 14 heavy (non-hydrogen) atoms. The number of hydrogen-bond acceptors (Lipinski definition) is 5. The Morgan fingerprint density at radius 1 is 1.29 bits per heavy atom. The molecular weight excluding hydrogens is 180 g/mol. The molecule has 0 spiro atoms. The van der Waals surface area contributed by atoms with Crippen LogP contribution in [0.5, 0.6) is 0 Å². The van der Waals surface area contributed by atoms with Crippen LogP contribution < -0.4 is 5.73 Å². The average molecular weight is 194 g/mol. The molecule has 1 aliphatic rings. The topological polar surface area (TPSA) is 64.3 Å². The zero-order valence-electron chi connectivity index (χ0n) is 8.02. The number of rotatable bonds is 2. The van der Waals surface area contributed by atoms with Gasteiger partial charge in [-0.1, -0.05) is 0 Å². The van der Waals surface area contributed by atoms with Crippen LogP contribution in [-0.2, 0) is 11.3 Å².